The van der Waals surface area contributed by atoms with Crippen LogP contribution in [-0.2, 0) is 21.7 Å². The van der Waals surface area contributed by atoms with Crippen molar-refractivity contribution in [1.29, 1.82) is 0 Å². The number of amidine groups is 1. The van der Waals surface area contributed by atoms with Gasteiger partial charge in [-0.1, -0.05) is 90.6 Å². The molecule has 3 N–H and O–H groups in total. The van der Waals surface area contributed by atoms with Gasteiger partial charge in [-0.3, -0.25) is 10.2 Å². The lowest BCUT2D eigenvalue weighted by atomic mass is 9.92. The quantitative estimate of drug-likeness (QED) is 0.569. The molecule has 1 aliphatic heterocycles. The number of carbonyl (C=O) groups is 2. The van der Waals surface area contributed by atoms with Crippen LogP contribution in [0.2, 0.25) is 0 Å². The lowest BCUT2D eigenvalue weighted by Crippen LogP contribution is -2.42. The number of nitrogens with one attached hydrogen (secondary N) is 1. The molecule has 170 valence electrons. The highest BCUT2D eigenvalue weighted by atomic mass is 32.2. The average molecular weight is 463 g/mol. The molecule has 0 radical (unpaired) electrons. The van der Waals surface area contributed by atoms with Gasteiger partial charge in [-0.2, -0.15) is 5.01 Å². The molecule has 0 spiro atoms. The van der Waals surface area contributed by atoms with E-state index in [2.05, 4.69) is 15.2 Å². The molecule has 0 unspecified atom stereocenters. The summed E-state index contributed by atoms with van der Waals surface area (Å²) in [6.07, 6.45) is 1.18. The summed E-state index contributed by atoms with van der Waals surface area (Å²) < 4.78 is 4.57. The van der Waals surface area contributed by atoms with Gasteiger partial charge in [-0.15, -0.1) is 0 Å². The number of thioether (sulfide) groups is 1. The van der Waals surface area contributed by atoms with Gasteiger partial charge < -0.3 is 10.5 Å². The number of benzene rings is 3. The van der Waals surface area contributed by atoms with E-state index in [1.165, 1.54) is 16.8 Å². The van der Waals surface area contributed by atoms with Crippen LogP contribution in [0.1, 0.15) is 18.1 Å². The highest BCUT2D eigenvalue weighted by Crippen LogP contribution is 2.35. The zero-order valence-electron chi connectivity index (χ0n) is 18.5. The number of nitrogens with zero attached hydrogens (tertiary/aromatic N) is 2. The van der Waals surface area contributed by atoms with Crippen molar-refractivity contribution in [3.05, 3.63) is 102 Å². The number of carbonyl (C=O) groups excluding carboxylic acids is 2. The zero-order chi connectivity index (χ0) is 23.7. The monoisotopic (exact) mass is 462 g/mol. The summed E-state index contributed by atoms with van der Waals surface area (Å²) in [5.74, 6) is -0.0769. The number of aliphatic imine (C=N–C) groups is 1. The van der Waals surface area contributed by atoms with Gasteiger partial charge in [0.25, 0.3) is 5.91 Å². The molecule has 33 heavy (non-hydrogen) atoms. The Hall–Kier alpha value is -3.78. The Kier molecular flexibility index (Phi) is 8.10. The van der Waals surface area contributed by atoms with Gasteiger partial charge in [0.2, 0.25) is 0 Å². The molecule has 8 heteroatoms. The maximum atomic E-state index is 12.9. The van der Waals surface area contributed by atoms with Crippen LogP contribution in [0, 0.1) is 0 Å². The van der Waals surface area contributed by atoms with Crippen molar-refractivity contribution < 1.29 is 14.3 Å². The SMILES string of the molecule is CSC1=N[C@@](C)(c2ccccc2)C(=O)N1Nc1ccccc1.NC(=O)OCc1ccccc1. The van der Waals surface area contributed by atoms with Crippen molar-refractivity contribution in [2.24, 2.45) is 10.7 Å². The largest absolute Gasteiger partial charge is 0.445 e. The Morgan fingerprint density at radius 3 is 2.09 bits per heavy atom. The lowest BCUT2D eigenvalue weighted by Gasteiger charge is -2.23. The van der Waals surface area contributed by atoms with Crippen LogP contribution in [0.15, 0.2) is 96.0 Å². The molecule has 3 aromatic carbocycles. The standard InChI is InChI=1S/C17H17N3OS.C8H9NO2/c1-17(13-9-5-3-6-10-13)15(21)20(16(18-17)22-2)19-14-11-7-4-8-12-14;9-8(10)11-6-7-4-2-1-3-5-7/h3-12,19H,1-2H3;1-5H,6H2,(H2,9,10)/t17-;/m0./s1. The first-order valence-corrected chi connectivity index (χ1v) is 11.5. The summed E-state index contributed by atoms with van der Waals surface area (Å²) in [7, 11) is 0. The van der Waals surface area contributed by atoms with Gasteiger partial charge in [0.1, 0.15) is 6.61 Å². The topological polar surface area (TPSA) is 97.0 Å². The van der Waals surface area contributed by atoms with E-state index in [1.807, 2.05) is 104 Å². The first-order chi connectivity index (χ1) is 15.9. The number of hydrogen-bond donors (Lipinski definition) is 2. The molecule has 7 nitrogen and oxygen atoms in total. The van der Waals surface area contributed by atoms with Gasteiger partial charge in [-0.25, -0.2) is 9.79 Å². The molecular formula is C25H26N4O3S. The van der Waals surface area contributed by atoms with E-state index in [4.69, 9.17) is 5.73 Å². The number of anilines is 1. The van der Waals surface area contributed by atoms with Crippen LogP contribution in [-0.4, -0.2) is 28.4 Å². The number of nitrogens with two attached hydrogens (primary N) is 1. The van der Waals surface area contributed by atoms with Crippen LogP contribution < -0.4 is 11.2 Å². The highest BCUT2D eigenvalue weighted by Gasteiger charge is 2.46. The molecular weight excluding hydrogens is 436 g/mol. The van der Waals surface area contributed by atoms with Crippen molar-refractivity contribution in [3.8, 4) is 0 Å². The Balaban J connectivity index is 0.000000235. The molecule has 4 rings (SSSR count). The van der Waals surface area contributed by atoms with E-state index in [-0.39, 0.29) is 12.5 Å². The highest BCUT2D eigenvalue weighted by molar-refractivity contribution is 8.13. The number of hydrazine groups is 1. The fourth-order valence-electron chi connectivity index (χ4n) is 3.15. The predicted octanol–water partition coefficient (Wildman–Crippen LogP) is 4.77. The Morgan fingerprint density at radius 2 is 1.55 bits per heavy atom. The van der Waals surface area contributed by atoms with Gasteiger partial charge in [-0.05, 0) is 36.4 Å². The maximum Gasteiger partial charge on any atom is 0.404 e. The Bertz CT molecular complexity index is 1090. The second-order valence-electron chi connectivity index (χ2n) is 7.25. The predicted molar refractivity (Wildman–Crippen MR) is 132 cm³/mol. The van der Waals surface area contributed by atoms with E-state index in [0.29, 0.717) is 5.17 Å². The fraction of sp³-hybridized carbons (Fsp3) is 0.160. The van der Waals surface area contributed by atoms with E-state index >= 15 is 0 Å². The third kappa shape index (κ3) is 6.14. The number of rotatable bonds is 5. The van der Waals surface area contributed by atoms with E-state index < -0.39 is 11.6 Å². The van der Waals surface area contributed by atoms with E-state index in [0.717, 1.165) is 16.8 Å². The van der Waals surface area contributed by atoms with Gasteiger partial charge in [0.15, 0.2) is 10.7 Å². The van der Waals surface area contributed by atoms with Crippen LogP contribution in [0.3, 0.4) is 0 Å². The van der Waals surface area contributed by atoms with Crippen molar-refractivity contribution in [2.45, 2.75) is 19.1 Å². The van der Waals surface area contributed by atoms with Gasteiger partial charge in [0, 0.05) is 0 Å². The fourth-order valence-corrected chi connectivity index (χ4v) is 3.74. The minimum atomic E-state index is -0.888. The molecule has 0 aliphatic carbocycles. The molecule has 0 saturated heterocycles. The van der Waals surface area contributed by atoms with Crippen molar-refractivity contribution in [3.63, 3.8) is 0 Å². The second-order valence-corrected chi connectivity index (χ2v) is 8.02. The number of amides is 2. The van der Waals surface area contributed by atoms with Gasteiger partial charge >= 0.3 is 6.09 Å². The number of hydrogen-bond acceptors (Lipinski definition) is 6. The van der Waals surface area contributed by atoms with E-state index in [1.54, 1.807) is 0 Å². The first-order valence-electron chi connectivity index (χ1n) is 10.3. The molecule has 1 heterocycles. The summed E-state index contributed by atoms with van der Waals surface area (Å²) >= 11 is 1.45. The number of primary amides is 1. The molecule has 0 fully saturated rings. The molecule has 3 aromatic rings. The van der Waals surface area contributed by atoms with Crippen LogP contribution in [0.25, 0.3) is 0 Å². The summed E-state index contributed by atoms with van der Waals surface area (Å²) in [5, 5.41) is 2.20. The Labute approximate surface area is 197 Å². The minimum Gasteiger partial charge on any atom is -0.445 e. The zero-order valence-corrected chi connectivity index (χ0v) is 19.3. The third-order valence-electron chi connectivity index (χ3n) is 4.89. The van der Waals surface area contributed by atoms with Crippen molar-refractivity contribution in [1.82, 2.24) is 5.01 Å². The van der Waals surface area contributed by atoms with Gasteiger partial charge in [0.05, 0.1) is 5.69 Å². The summed E-state index contributed by atoms with van der Waals surface area (Å²) in [6.45, 7) is 2.10. The molecule has 2 amide bonds. The molecule has 0 saturated carbocycles. The van der Waals surface area contributed by atoms with Crippen LogP contribution >= 0.6 is 11.8 Å². The van der Waals surface area contributed by atoms with Crippen molar-refractivity contribution >= 4 is 34.6 Å². The third-order valence-corrected chi connectivity index (χ3v) is 5.53. The maximum absolute atomic E-state index is 12.9. The lowest BCUT2D eigenvalue weighted by molar-refractivity contribution is -0.129. The average Bonchev–Trinajstić information content (AvgIpc) is 3.10. The summed E-state index contributed by atoms with van der Waals surface area (Å²) in [5.41, 5.74) is 9.73. The van der Waals surface area contributed by atoms with Crippen LogP contribution in [0.4, 0.5) is 10.5 Å². The number of para-hydroxylation sites is 1. The molecule has 1 aliphatic rings. The molecule has 1 atom stereocenters. The Morgan fingerprint density at radius 1 is 1.00 bits per heavy atom. The molecule has 0 bridgehead atoms. The number of ether oxygens (including phenoxy) is 1. The van der Waals surface area contributed by atoms with E-state index in [9.17, 15) is 9.59 Å². The summed E-state index contributed by atoms with van der Waals surface area (Å²) in [6, 6.07) is 28.7. The normalized spacial score (nSPS) is 17.0. The van der Waals surface area contributed by atoms with Crippen LogP contribution in [0.5, 0.6) is 0 Å². The molecule has 0 aromatic heterocycles. The first kappa shape index (κ1) is 23.9. The van der Waals surface area contributed by atoms with Crippen molar-refractivity contribution in [2.75, 3.05) is 11.7 Å². The summed E-state index contributed by atoms with van der Waals surface area (Å²) in [4.78, 5) is 27.8. The minimum absolute atomic E-state index is 0.0769. The second kappa shape index (κ2) is 11.2. The smallest absolute Gasteiger partial charge is 0.404 e.